The molecule has 0 aliphatic heterocycles. The van der Waals surface area contributed by atoms with E-state index in [4.69, 9.17) is 11.6 Å². The van der Waals surface area contributed by atoms with Crippen LogP contribution in [0.25, 0.3) is 38.1 Å². The zero-order valence-corrected chi connectivity index (χ0v) is 12.3. The number of benzene rings is 3. The molecule has 22 heavy (non-hydrogen) atoms. The number of fused-ring (bicyclic) bond motifs is 5. The molecule has 0 aliphatic carbocycles. The standard InChI is InChI=1S/C19H10ClNO/c20-14-8-4-10-16-17(14)12-6-3-7-13-18(12)21(16)15-9-2-1-5-11(15)19(13)22/h1-10H. The van der Waals surface area contributed by atoms with Gasteiger partial charge in [0.15, 0.2) is 5.43 Å². The van der Waals surface area contributed by atoms with E-state index in [2.05, 4.69) is 10.5 Å². The van der Waals surface area contributed by atoms with Gasteiger partial charge in [-0.1, -0.05) is 41.9 Å². The van der Waals surface area contributed by atoms with Crippen molar-refractivity contribution in [2.75, 3.05) is 0 Å². The Morgan fingerprint density at radius 1 is 0.727 bits per heavy atom. The maximum atomic E-state index is 12.8. The topological polar surface area (TPSA) is 21.5 Å². The smallest absolute Gasteiger partial charge is 0.197 e. The van der Waals surface area contributed by atoms with Gasteiger partial charge in [0.25, 0.3) is 0 Å². The molecule has 5 rings (SSSR count). The van der Waals surface area contributed by atoms with Gasteiger partial charge in [0.1, 0.15) is 0 Å². The minimum absolute atomic E-state index is 0.0765. The molecular weight excluding hydrogens is 294 g/mol. The van der Waals surface area contributed by atoms with Gasteiger partial charge in [-0.2, -0.15) is 0 Å². The molecule has 0 atom stereocenters. The van der Waals surface area contributed by atoms with Crippen LogP contribution in [0, 0.1) is 0 Å². The molecule has 0 saturated carbocycles. The van der Waals surface area contributed by atoms with E-state index in [-0.39, 0.29) is 5.43 Å². The maximum Gasteiger partial charge on any atom is 0.197 e. The van der Waals surface area contributed by atoms with Crippen LogP contribution in [0.4, 0.5) is 0 Å². The van der Waals surface area contributed by atoms with Crippen LogP contribution >= 0.6 is 11.6 Å². The van der Waals surface area contributed by atoms with Crippen molar-refractivity contribution < 1.29 is 0 Å². The third-order valence-electron chi connectivity index (χ3n) is 4.40. The van der Waals surface area contributed by atoms with Crippen LogP contribution in [0.5, 0.6) is 0 Å². The van der Waals surface area contributed by atoms with Crippen molar-refractivity contribution >= 4 is 49.7 Å². The zero-order valence-electron chi connectivity index (χ0n) is 11.5. The summed E-state index contributed by atoms with van der Waals surface area (Å²) in [7, 11) is 0. The Kier molecular flexibility index (Phi) is 2.18. The van der Waals surface area contributed by atoms with Crippen molar-refractivity contribution in [1.29, 1.82) is 0 Å². The summed E-state index contributed by atoms with van der Waals surface area (Å²) in [6.07, 6.45) is 0. The molecule has 2 aromatic heterocycles. The zero-order chi connectivity index (χ0) is 14.8. The van der Waals surface area contributed by atoms with Crippen molar-refractivity contribution in [1.82, 2.24) is 4.40 Å². The van der Waals surface area contributed by atoms with E-state index in [1.54, 1.807) is 0 Å². The highest BCUT2D eigenvalue weighted by Gasteiger charge is 2.17. The molecule has 2 heterocycles. The van der Waals surface area contributed by atoms with Crippen molar-refractivity contribution in [2.24, 2.45) is 0 Å². The van der Waals surface area contributed by atoms with Gasteiger partial charge in [0, 0.05) is 21.5 Å². The SMILES string of the molecule is O=c1c2ccccc2n2c3cccc(Cl)c3c3cccc1c32. The minimum Gasteiger partial charge on any atom is -0.308 e. The van der Waals surface area contributed by atoms with E-state index in [1.165, 1.54) is 0 Å². The Hall–Kier alpha value is -2.58. The Morgan fingerprint density at radius 3 is 2.32 bits per heavy atom. The van der Waals surface area contributed by atoms with Gasteiger partial charge in [-0.3, -0.25) is 4.79 Å². The predicted molar refractivity (Wildman–Crippen MR) is 92.4 cm³/mol. The molecule has 0 unspecified atom stereocenters. The Morgan fingerprint density at radius 2 is 1.41 bits per heavy atom. The molecule has 0 fully saturated rings. The lowest BCUT2D eigenvalue weighted by Gasteiger charge is -2.06. The fraction of sp³-hybridized carbons (Fsp3) is 0. The molecule has 0 N–H and O–H groups in total. The second kappa shape index (κ2) is 3.99. The van der Waals surface area contributed by atoms with Crippen molar-refractivity contribution in [3.05, 3.63) is 75.9 Å². The van der Waals surface area contributed by atoms with Crippen LogP contribution in [0.3, 0.4) is 0 Å². The van der Waals surface area contributed by atoms with Crippen LogP contribution in [0.15, 0.2) is 65.5 Å². The number of hydrogen-bond donors (Lipinski definition) is 0. The summed E-state index contributed by atoms with van der Waals surface area (Å²) in [4.78, 5) is 12.8. The first-order chi connectivity index (χ1) is 10.8. The fourth-order valence-electron chi connectivity index (χ4n) is 3.51. The van der Waals surface area contributed by atoms with Gasteiger partial charge in [0.2, 0.25) is 0 Å². The highest BCUT2D eigenvalue weighted by atomic mass is 35.5. The third kappa shape index (κ3) is 1.29. The van der Waals surface area contributed by atoms with Gasteiger partial charge in [-0.05, 0) is 30.3 Å². The highest BCUT2D eigenvalue weighted by molar-refractivity contribution is 6.38. The normalized spacial score (nSPS) is 12.0. The van der Waals surface area contributed by atoms with E-state index < -0.39 is 0 Å². The van der Waals surface area contributed by atoms with Crippen LogP contribution < -0.4 is 5.43 Å². The van der Waals surface area contributed by atoms with Gasteiger partial charge in [-0.15, -0.1) is 0 Å². The van der Waals surface area contributed by atoms with Crippen molar-refractivity contribution in [2.45, 2.75) is 0 Å². The molecule has 5 aromatic rings. The second-order valence-corrected chi connectivity index (χ2v) is 5.92. The molecule has 2 nitrogen and oxygen atoms in total. The van der Waals surface area contributed by atoms with Gasteiger partial charge < -0.3 is 4.40 Å². The monoisotopic (exact) mass is 303 g/mol. The Labute approximate surface area is 130 Å². The molecular formula is C19H10ClNO. The summed E-state index contributed by atoms with van der Waals surface area (Å²) in [5.74, 6) is 0. The van der Waals surface area contributed by atoms with E-state index >= 15 is 0 Å². The lowest BCUT2D eigenvalue weighted by molar-refractivity contribution is 1.34. The van der Waals surface area contributed by atoms with E-state index in [0.717, 1.165) is 38.1 Å². The van der Waals surface area contributed by atoms with E-state index in [9.17, 15) is 4.79 Å². The van der Waals surface area contributed by atoms with Gasteiger partial charge >= 0.3 is 0 Å². The molecule has 3 heteroatoms. The van der Waals surface area contributed by atoms with Gasteiger partial charge in [-0.25, -0.2) is 0 Å². The number of pyridine rings is 1. The number of aromatic nitrogens is 1. The summed E-state index contributed by atoms with van der Waals surface area (Å²) >= 11 is 6.44. The third-order valence-corrected chi connectivity index (χ3v) is 4.71. The fourth-order valence-corrected chi connectivity index (χ4v) is 3.78. The van der Waals surface area contributed by atoms with Crippen LogP contribution in [-0.4, -0.2) is 4.40 Å². The molecule has 0 bridgehead atoms. The van der Waals surface area contributed by atoms with Crippen LogP contribution in [0.2, 0.25) is 5.02 Å². The summed E-state index contributed by atoms with van der Waals surface area (Å²) in [6, 6.07) is 19.5. The quantitative estimate of drug-likeness (QED) is 0.375. The van der Waals surface area contributed by atoms with E-state index in [1.807, 2.05) is 54.6 Å². The highest BCUT2D eigenvalue weighted by Crippen LogP contribution is 2.36. The number of nitrogens with zero attached hydrogens (tertiary/aromatic N) is 1. The first kappa shape index (κ1) is 12.0. The number of hydrogen-bond acceptors (Lipinski definition) is 1. The number of halogens is 1. The lowest BCUT2D eigenvalue weighted by Crippen LogP contribution is -2.05. The van der Waals surface area contributed by atoms with Gasteiger partial charge in [0.05, 0.1) is 21.6 Å². The summed E-state index contributed by atoms with van der Waals surface area (Å²) in [5.41, 5.74) is 2.99. The largest absolute Gasteiger partial charge is 0.308 e. The molecule has 0 aliphatic rings. The lowest BCUT2D eigenvalue weighted by atomic mass is 10.1. The molecule has 0 radical (unpaired) electrons. The average Bonchev–Trinajstić information content (AvgIpc) is 2.89. The number of para-hydroxylation sites is 2. The molecule has 3 aromatic carbocycles. The summed E-state index contributed by atoms with van der Waals surface area (Å²) < 4.78 is 2.16. The summed E-state index contributed by atoms with van der Waals surface area (Å²) in [6.45, 7) is 0. The maximum absolute atomic E-state index is 12.8. The van der Waals surface area contributed by atoms with Crippen LogP contribution in [-0.2, 0) is 0 Å². The minimum atomic E-state index is 0.0765. The molecule has 0 saturated heterocycles. The molecule has 0 amide bonds. The Balaban J connectivity index is 2.34. The Bertz CT molecular complexity index is 1250. The second-order valence-electron chi connectivity index (χ2n) is 5.52. The summed E-state index contributed by atoms with van der Waals surface area (Å²) in [5, 5.41) is 4.22. The average molecular weight is 304 g/mol. The molecule has 0 spiro atoms. The van der Waals surface area contributed by atoms with Crippen molar-refractivity contribution in [3.63, 3.8) is 0 Å². The first-order valence-corrected chi connectivity index (χ1v) is 7.51. The van der Waals surface area contributed by atoms with E-state index in [0.29, 0.717) is 5.02 Å². The van der Waals surface area contributed by atoms with Crippen molar-refractivity contribution in [3.8, 4) is 0 Å². The molecule has 104 valence electrons. The first-order valence-electron chi connectivity index (χ1n) is 7.13. The van der Waals surface area contributed by atoms with Crippen LogP contribution in [0.1, 0.15) is 0 Å². The predicted octanol–water partition coefficient (Wildman–Crippen LogP) is 4.85. The number of rotatable bonds is 0.